The standard InChI is InChI=1S/C12H23N5O2/c1-9(2)4-16(8-12(14)19)6-11(18)7-17-5-10(13)3-15-17/h3,5,9,11,18H,4,6-8,13H2,1-2H3,(H2,14,19). The van der Waals surface area contributed by atoms with E-state index in [1.54, 1.807) is 10.9 Å². The number of hydrogen-bond acceptors (Lipinski definition) is 5. The van der Waals surface area contributed by atoms with Gasteiger partial charge in [0.1, 0.15) is 0 Å². The Labute approximate surface area is 113 Å². The van der Waals surface area contributed by atoms with Crippen LogP contribution in [0.4, 0.5) is 5.69 Å². The summed E-state index contributed by atoms with van der Waals surface area (Å²) < 4.78 is 1.58. The van der Waals surface area contributed by atoms with E-state index in [0.29, 0.717) is 31.2 Å². The summed E-state index contributed by atoms with van der Waals surface area (Å²) in [7, 11) is 0. The van der Waals surface area contributed by atoms with Crippen molar-refractivity contribution in [3.63, 3.8) is 0 Å². The molecule has 7 heteroatoms. The molecule has 0 bridgehead atoms. The third kappa shape index (κ3) is 6.21. The topological polar surface area (TPSA) is 110 Å². The lowest BCUT2D eigenvalue weighted by Gasteiger charge is -2.25. The number of carbonyl (C=O) groups is 1. The molecule has 0 saturated heterocycles. The van der Waals surface area contributed by atoms with Crippen LogP contribution in [0.25, 0.3) is 0 Å². The minimum atomic E-state index is -0.627. The zero-order chi connectivity index (χ0) is 14.4. The van der Waals surface area contributed by atoms with Crippen LogP contribution in [0.1, 0.15) is 13.8 Å². The van der Waals surface area contributed by atoms with Crippen molar-refractivity contribution in [2.45, 2.75) is 26.5 Å². The van der Waals surface area contributed by atoms with Crippen LogP contribution in [-0.4, -0.2) is 51.4 Å². The molecule has 5 N–H and O–H groups in total. The van der Waals surface area contributed by atoms with Crippen LogP contribution in [-0.2, 0) is 11.3 Å². The molecular weight excluding hydrogens is 246 g/mol. The predicted molar refractivity (Wildman–Crippen MR) is 73.1 cm³/mol. The number of aliphatic hydroxyl groups is 1. The number of carbonyl (C=O) groups excluding carboxylic acids is 1. The molecular formula is C12H23N5O2. The second-order valence-corrected chi connectivity index (χ2v) is 5.20. The first-order valence-electron chi connectivity index (χ1n) is 6.33. The Bertz CT molecular complexity index is 405. The van der Waals surface area contributed by atoms with Gasteiger partial charge in [-0.2, -0.15) is 5.10 Å². The maximum atomic E-state index is 11.0. The molecule has 0 aromatic carbocycles. The molecule has 0 radical (unpaired) electrons. The van der Waals surface area contributed by atoms with Gasteiger partial charge in [0, 0.05) is 19.3 Å². The Kier molecular flexibility index (Phi) is 5.78. The summed E-state index contributed by atoms with van der Waals surface area (Å²) in [6, 6.07) is 0. The first-order chi connectivity index (χ1) is 8.86. The second-order valence-electron chi connectivity index (χ2n) is 5.20. The highest BCUT2D eigenvalue weighted by molar-refractivity contribution is 5.75. The van der Waals surface area contributed by atoms with Crippen molar-refractivity contribution in [1.29, 1.82) is 0 Å². The van der Waals surface area contributed by atoms with Crippen LogP contribution in [0.2, 0.25) is 0 Å². The third-order valence-electron chi connectivity index (χ3n) is 2.52. The minimum absolute atomic E-state index is 0.149. The summed E-state index contributed by atoms with van der Waals surface area (Å²) in [5.41, 5.74) is 11.3. The van der Waals surface area contributed by atoms with Gasteiger partial charge >= 0.3 is 0 Å². The average molecular weight is 269 g/mol. The summed E-state index contributed by atoms with van der Waals surface area (Å²) in [5.74, 6) is 0.00285. The summed E-state index contributed by atoms with van der Waals surface area (Å²) in [6.07, 6.45) is 2.56. The van der Waals surface area contributed by atoms with Crippen molar-refractivity contribution in [3.05, 3.63) is 12.4 Å². The van der Waals surface area contributed by atoms with Gasteiger partial charge < -0.3 is 16.6 Å². The van der Waals surface area contributed by atoms with E-state index in [1.807, 2.05) is 4.90 Å². The van der Waals surface area contributed by atoms with Crippen LogP contribution in [0.5, 0.6) is 0 Å². The normalized spacial score (nSPS) is 13.1. The summed E-state index contributed by atoms with van der Waals surface area (Å²) in [6.45, 7) is 5.67. The van der Waals surface area contributed by atoms with E-state index >= 15 is 0 Å². The van der Waals surface area contributed by atoms with Gasteiger partial charge in [0.25, 0.3) is 0 Å². The first-order valence-corrected chi connectivity index (χ1v) is 6.33. The number of hydrogen-bond donors (Lipinski definition) is 3. The average Bonchev–Trinajstić information content (AvgIpc) is 2.61. The van der Waals surface area contributed by atoms with Gasteiger partial charge in [0.2, 0.25) is 5.91 Å². The molecule has 1 heterocycles. The van der Waals surface area contributed by atoms with Crippen molar-refractivity contribution < 1.29 is 9.90 Å². The van der Waals surface area contributed by atoms with E-state index in [9.17, 15) is 9.90 Å². The highest BCUT2D eigenvalue weighted by Crippen LogP contribution is 2.03. The predicted octanol–water partition coefficient (Wildman–Crippen LogP) is -0.730. The van der Waals surface area contributed by atoms with Crippen LogP contribution in [0, 0.1) is 5.92 Å². The molecule has 0 spiro atoms. The Balaban J connectivity index is 2.49. The summed E-state index contributed by atoms with van der Waals surface area (Å²) in [4.78, 5) is 12.9. The molecule has 1 aromatic heterocycles. The molecule has 1 atom stereocenters. The molecule has 108 valence electrons. The fourth-order valence-electron chi connectivity index (χ4n) is 1.99. The van der Waals surface area contributed by atoms with E-state index in [1.165, 1.54) is 6.20 Å². The van der Waals surface area contributed by atoms with E-state index in [-0.39, 0.29) is 6.54 Å². The number of nitrogen functional groups attached to an aromatic ring is 1. The van der Waals surface area contributed by atoms with E-state index in [0.717, 1.165) is 0 Å². The number of nitrogens with zero attached hydrogens (tertiary/aromatic N) is 3. The molecule has 0 fully saturated rings. The molecule has 1 rings (SSSR count). The largest absolute Gasteiger partial charge is 0.396 e. The van der Waals surface area contributed by atoms with Crippen molar-refractivity contribution >= 4 is 11.6 Å². The zero-order valence-electron chi connectivity index (χ0n) is 11.5. The van der Waals surface area contributed by atoms with Crippen molar-refractivity contribution in [3.8, 4) is 0 Å². The van der Waals surface area contributed by atoms with E-state index in [2.05, 4.69) is 18.9 Å². The highest BCUT2D eigenvalue weighted by atomic mass is 16.3. The van der Waals surface area contributed by atoms with E-state index in [4.69, 9.17) is 11.5 Å². The van der Waals surface area contributed by atoms with Gasteiger partial charge in [0.15, 0.2) is 0 Å². The molecule has 1 aromatic rings. The molecule has 0 aliphatic rings. The lowest BCUT2D eigenvalue weighted by molar-refractivity contribution is -0.119. The Hall–Kier alpha value is -1.60. The number of aromatic nitrogens is 2. The molecule has 0 saturated carbocycles. The molecule has 1 unspecified atom stereocenters. The molecule has 7 nitrogen and oxygen atoms in total. The molecule has 0 aliphatic carbocycles. The summed E-state index contributed by atoms with van der Waals surface area (Å²) >= 11 is 0. The number of anilines is 1. The minimum Gasteiger partial charge on any atom is -0.396 e. The van der Waals surface area contributed by atoms with Crippen LogP contribution < -0.4 is 11.5 Å². The lowest BCUT2D eigenvalue weighted by Crippen LogP contribution is -2.41. The van der Waals surface area contributed by atoms with Gasteiger partial charge in [-0.05, 0) is 5.92 Å². The highest BCUT2D eigenvalue weighted by Gasteiger charge is 2.15. The summed E-state index contributed by atoms with van der Waals surface area (Å²) in [5, 5.41) is 14.0. The second kappa shape index (κ2) is 7.10. The van der Waals surface area contributed by atoms with Gasteiger partial charge in [-0.3, -0.25) is 14.4 Å². The number of primary amides is 1. The lowest BCUT2D eigenvalue weighted by atomic mass is 10.2. The smallest absolute Gasteiger partial charge is 0.231 e. The van der Waals surface area contributed by atoms with E-state index < -0.39 is 12.0 Å². The van der Waals surface area contributed by atoms with Crippen LogP contribution >= 0.6 is 0 Å². The Morgan fingerprint density at radius 2 is 2.21 bits per heavy atom. The maximum absolute atomic E-state index is 11.0. The number of amides is 1. The van der Waals surface area contributed by atoms with Crippen LogP contribution in [0.15, 0.2) is 12.4 Å². The monoisotopic (exact) mass is 269 g/mol. The fourth-order valence-corrected chi connectivity index (χ4v) is 1.99. The van der Waals surface area contributed by atoms with Crippen molar-refractivity contribution in [2.24, 2.45) is 11.7 Å². The zero-order valence-corrected chi connectivity index (χ0v) is 11.5. The quantitative estimate of drug-likeness (QED) is 0.576. The Morgan fingerprint density at radius 1 is 1.53 bits per heavy atom. The van der Waals surface area contributed by atoms with Crippen molar-refractivity contribution in [1.82, 2.24) is 14.7 Å². The van der Waals surface area contributed by atoms with Gasteiger partial charge in [-0.15, -0.1) is 0 Å². The molecule has 0 aliphatic heterocycles. The first kappa shape index (κ1) is 15.5. The van der Waals surface area contributed by atoms with Gasteiger partial charge in [-0.25, -0.2) is 0 Å². The maximum Gasteiger partial charge on any atom is 0.231 e. The number of rotatable bonds is 8. The molecule has 1 amide bonds. The third-order valence-corrected chi connectivity index (χ3v) is 2.52. The Morgan fingerprint density at radius 3 is 2.68 bits per heavy atom. The van der Waals surface area contributed by atoms with Gasteiger partial charge in [-0.1, -0.05) is 13.8 Å². The fraction of sp³-hybridized carbons (Fsp3) is 0.667. The SMILES string of the molecule is CC(C)CN(CC(N)=O)CC(O)Cn1cc(N)cn1. The van der Waals surface area contributed by atoms with Crippen LogP contribution in [0.3, 0.4) is 0 Å². The number of aliphatic hydroxyl groups excluding tert-OH is 1. The number of nitrogens with two attached hydrogens (primary N) is 2. The van der Waals surface area contributed by atoms with Crippen molar-refractivity contribution in [2.75, 3.05) is 25.4 Å². The van der Waals surface area contributed by atoms with Gasteiger partial charge in [0.05, 0.1) is 31.1 Å². The molecule has 19 heavy (non-hydrogen) atoms.